The van der Waals surface area contributed by atoms with E-state index in [1.807, 2.05) is 37.3 Å². The topological polar surface area (TPSA) is 63.6 Å². The average molecular weight is 276 g/mol. The Morgan fingerprint density at radius 2 is 1.90 bits per heavy atom. The molecule has 0 saturated carbocycles. The van der Waals surface area contributed by atoms with Gasteiger partial charge in [-0.05, 0) is 12.0 Å². The number of carbonyl (C=O) groups excluding carboxylic acids is 1. The number of benzene rings is 1. The van der Waals surface area contributed by atoms with Crippen molar-refractivity contribution in [2.45, 2.75) is 38.2 Å². The van der Waals surface area contributed by atoms with Crippen LogP contribution >= 0.6 is 0 Å². The number of ether oxygens (including phenoxy) is 1. The van der Waals surface area contributed by atoms with Crippen LogP contribution in [0.15, 0.2) is 42.5 Å². The van der Waals surface area contributed by atoms with E-state index in [1.165, 1.54) is 0 Å². The van der Waals surface area contributed by atoms with Gasteiger partial charge in [-0.15, -0.1) is 0 Å². The van der Waals surface area contributed by atoms with E-state index in [2.05, 4.69) is 12.2 Å². The van der Waals surface area contributed by atoms with Crippen LogP contribution in [-0.4, -0.2) is 23.7 Å². The molecule has 0 bridgehead atoms. The number of hydrogen-bond donors (Lipinski definition) is 1. The SMILES string of the molecule is CCC(C(=O)OC1CC=CC1)c1ccccc1.O=CO. The second-order valence-corrected chi connectivity index (χ2v) is 4.48. The fraction of sp³-hybridized carbons (Fsp3) is 0.375. The smallest absolute Gasteiger partial charge is 0.313 e. The predicted octanol–water partition coefficient (Wildman–Crippen LogP) is 3.14. The number of carbonyl (C=O) groups is 2. The lowest BCUT2D eigenvalue weighted by Crippen LogP contribution is -2.21. The summed E-state index contributed by atoms with van der Waals surface area (Å²) in [4.78, 5) is 20.4. The highest BCUT2D eigenvalue weighted by Gasteiger charge is 2.23. The van der Waals surface area contributed by atoms with Crippen molar-refractivity contribution in [1.82, 2.24) is 0 Å². The van der Waals surface area contributed by atoms with Crippen LogP contribution in [0.1, 0.15) is 37.7 Å². The second-order valence-electron chi connectivity index (χ2n) is 4.48. The molecule has 0 radical (unpaired) electrons. The van der Waals surface area contributed by atoms with E-state index >= 15 is 0 Å². The first-order valence-electron chi connectivity index (χ1n) is 6.71. The predicted molar refractivity (Wildman–Crippen MR) is 76.4 cm³/mol. The highest BCUT2D eigenvalue weighted by Crippen LogP contribution is 2.23. The van der Waals surface area contributed by atoms with Crippen LogP contribution in [0.4, 0.5) is 0 Å². The van der Waals surface area contributed by atoms with Crippen LogP contribution in [0.5, 0.6) is 0 Å². The summed E-state index contributed by atoms with van der Waals surface area (Å²) in [5, 5.41) is 6.89. The Hall–Kier alpha value is -2.10. The molecule has 108 valence electrons. The number of hydrogen-bond acceptors (Lipinski definition) is 3. The zero-order valence-electron chi connectivity index (χ0n) is 11.6. The molecular formula is C16H20O4. The van der Waals surface area contributed by atoms with Gasteiger partial charge in [-0.3, -0.25) is 9.59 Å². The third kappa shape index (κ3) is 4.88. The van der Waals surface area contributed by atoms with Crippen molar-refractivity contribution in [3.63, 3.8) is 0 Å². The summed E-state index contributed by atoms with van der Waals surface area (Å²) in [7, 11) is 0. The van der Waals surface area contributed by atoms with Crippen LogP contribution < -0.4 is 0 Å². The molecule has 1 unspecified atom stereocenters. The molecule has 0 spiro atoms. The average Bonchev–Trinajstić information content (AvgIpc) is 2.94. The molecule has 1 aliphatic rings. The van der Waals surface area contributed by atoms with Gasteiger partial charge in [0.2, 0.25) is 0 Å². The Bertz CT molecular complexity index is 431. The molecule has 1 aromatic rings. The van der Waals surface area contributed by atoms with E-state index in [9.17, 15) is 4.79 Å². The molecule has 0 saturated heterocycles. The van der Waals surface area contributed by atoms with Crippen molar-refractivity contribution < 1.29 is 19.4 Å². The lowest BCUT2D eigenvalue weighted by Gasteiger charge is -2.18. The summed E-state index contributed by atoms with van der Waals surface area (Å²) < 4.78 is 5.52. The lowest BCUT2D eigenvalue weighted by atomic mass is 9.97. The molecule has 0 amide bonds. The maximum Gasteiger partial charge on any atom is 0.313 e. The van der Waals surface area contributed by atoms with Crippen molar-refractivity contribution >= 4 is 12.4 Å². The summed E-state index contributed by atoms with van der Waals surface area (Å²) in [6.45, 7) is 1.77. The molecule has 1 N–H and O–H groups in total. The van der Waals surface area contributed by atoms with Gasteiger partial charge in [0.15, 0.2) is 0 Å². The zero-order valence-corrected chi connectivity index (χ0v) is 11.6. The summed E-state index contributed by atoms with van der Waals surface area (Å²) in [6.07, 6.45) is 6.69. The zero-order chi connectivity index (χ0) is 14.8. The summed E-state index contributed by atoms with van der Waals surface area (Å²) >= 11 is 0. The minimum atomic E-state index is -0.250. The van der Waals surface area contributed by atoms with Crippen molar-refractivity contribution in [2.24, 2.45) is 0 Å². The number of esters is 1. The number of rotatable bonds is 4. The Balaban J connectivity index is 0.000000612. The number of carboxylic acid groups (broad SMARTS) is 1. The molecule has 4 heteroatoms. The largest absolute Gasteiger partial charge is 0.483 e. The maximum atomic E-state index is 12.1. The first kappa shape index (κ1) is 16.0. The van der Waals surface area contributed by atoms with Crippen molar-refractivity contribution in [2.75, 3.05) is 0 Å². The molecule has 20 heavy (non-hydrogen) atoms. The van der Waals surface area contributed by atoms with Crippen LogP contribution in [0.25, 0.3) is 0 Å². The van der Waals surface area contributed by atoms with Gasteiger partial charge in [0.05, 0.1) is 5.92 Å². The molecule has 0 fully saturated rings. The molecule has 0 heterocycles. The highest BCUT2D eigenvalue weighted by atomic mass is 16.5. The van der Waals surface area contributed by atoms with E-state index < -0.39 is 0 Å². The fourth-order valence-corrected chi connectivity index (χ4v) is 2.16. The Morgan fingerprint density at radius 3 is 2.40 bits per heavy atom. The Morgan fingerprint density at radius 1 is 1.35 bits per heavy atom. The third-order valence-corrected chi connectivity index (χ3v) is 3.14. The quantitative estimate of drug-likeness (QED) is 0.521. The van der Waals surface area contributed by atoms with Crippen molar-refractivity contribution in [3.8, 4) is 0 Å². The second kappa shape index (κ2) is 8.91. The van der Waals surface area contributed by atoms with Gasteiger partial charge < -0.3 is 9.84 Å². The van der Waals surface area contributed by atoms with Crippen LogP contribution in [-0.2, 0) is 14.3 Å². The molecule has 1 aromatic carbocycles. The highest BCUT2D eigenvalue weighted by molar-refractivity contribution is 5.78. The van der Waals surface area contributed by atoms with Gasteiger partial charge in [0.1, 0.15) is 6.10 Å². The minimum absolute atomic E-state index is 0.0558. The third-order valence-electron chi connectivity index (χ3n) is 3.14. The van der Waals surface area contributed by atoms with Gasteiger partial charge >= 0.3 is 5.97 Å². The Labute approximate surface area is 119 Å². The normalized spacial score (nSPS) is 15.1. The molecule has 4 nitrogen and oxygen atoms in total. The summed E-state index contributed by atoms with van der Waals surface area (Å²) in [5.74, 6) is -0.218. The van der Waals surface area contributed by atoms with Gasteiger partial charge in [-0.2, -0.15) is 0 Å². The van der Waals surface area contributed by atoms with Gasteiger partial charge in [0.25, 0.3) is 6.47 Å². The van der Waals surface area contributed by atoms with Crippen molar-refractivity contribution in [1.29, 1.82) is 0 Å². The lowest BCUT2D eigenvalue weighted by molar-refractivity contribution is -0.150. The van der Waals surface area contributed by atoms with Gasteiger partial charge in [0, 0.05) is 12.8 Å². The van der Waals surface area contributed by atoms with Crippen molar-refractivity contribution in [3.05, 3.63) is 48.0 Å². The molecule has 0 aliphatic heterocycles. The monoisotopic (exact) mass is 276 g/mol. The first-order valence-corrected chi connectivity index (χ1v) is 6.71. The van der Waals surface area contributed by atoms with Gasteiger partial charge in [-0.25, -0.2) is 0 Å². The van der Waals surface area contributed by atoms with E-state index in [1.54, 1.807) is 0 Å². The maximum absolute atomic E-state index is 12.1. The molecule has 0 aromatic heterocycles. The molecular weight excluding hydrogens is 256 g/mol. The van der Waals surface area contributed by atoms with E-state index in [0.29, 0.717) is 0 Å². The Kier molecular flexibility index (Phi) is 7.11. The first-order chi connectivity index (χ1) is 9.72. The summed E-state index contributed by atoms with van der Waals surface area (Å²) in [5.41, 5.74) is 1.05. The van der Waals surface area contributed by atoms with E-state index in [0.717, 1.165) is 24.8 Å². The molecule has 2 rings (SSSR count). The molecule has 1 aliphatic carbocycles. The van der Waals surface area contributed by atoms with Crippen LogP contribution in [0.3, 0.4) is 0 Å². The summed E-state index contributed by atoms with van der Waals surface area (Å²) in [6, 6.07) is 9.86. The standard InChI is InChI=1S/C15H18O2.CH2O2/c1-2-14(12-8-4-3-5-9-12)15(16)17-13-10-6-7-11-13;2-1-3/h3-9,13-14H,2,10-11H2,1H3;1H,(H,2,3). The molecule has 1 atom stereocenters. The minimum Gasteiger partial charge on any atom is -0.483 e. The van der Waals surface area contributed by atoms with E-state index in [-0.39, 0.29) is 24.5 Å². The fourth-order valence-electron chi connectivity index (χ4n) is 2.16. The van der Waals surface area contributed by atoms with E-state index in [4.69, 9.17) is 14.6 Å². The van der Waals surface area contributed by atoms with Gasteiger partial charge in [-0.1, -0.05) is 49.4 Å². The van der Waals surface area contributed by atoms with Crippen LogP contribution in [0.2, 0.25) is 0 Å². The van der Waals surface area contributed by atoms with Crippen LogP contribution in [0, 0.1) is 0 Å².